The third kappa shape index (κ3) is 3.33. The molecule has 0 spiro atoms. The maximum absolute atomic E-state index is 11.7. The lowest BCUT2D eigenvalue weighted by atomic mass is 9.90. The smallest absolute Gasteiger partial charge is 0.222 e. The van der Waals surface area contributed by atoms with Crippen LogP contribution in [0.25, 0.3) is 0 Å². The fourth-order valence-electron chi connectivity index (χ4n) is 1.94. The Morgan fingerprint density at radius 1 is 1.33 bits per heavy atom. The van der Waals surface area contributed by atoms with Gasteiger partial charge in [0.25, 0.3) is 0 Å². The highest BCUT2D eigenvalue weighted by Gasteiger charge is 2.30. The fourth-order valence-corrected chi connectivity index (χ4v) is 1.94. The van der Waals surface area contributed by atoms with Crippen LogP contribution in [0.4, 0.5) is 0 Å². The van der Waals surface area contributed by atoms with Crippen LogP contribution in [0.1, 0.15) is 32.8 Å². The van der Waals surface area contributed by atoms with Crippen LogP contribution in [0.2, 0.25) is 0 Å². The van der Waals surface area contributed by atoms with Gasteiger partial charge < -0.3 is 10.1 Å². The Balaban J connectivity index is 2.85. The van der Waals surface area contributed by atoms with Gasteiger partial charge in [-0.25, -0.2) is 0 Å². The number of carbonyl (C=O) groups excluding carboxylic acids is 1. The number of ether oxygens (including phenoxy) is 1. The molecule has 0 aromatic heterocycles. The Kier molecular flexibility index (Phi) is 5.35. The highest BCUT2D eigenvalue weighted by atomic mass is 16.5. The molecule has 1 amide bonds. The van der Waals surface area contributed by atoms with Crippen LogP contribution in [-0.2, 0) is 15.1 Å². The largest absolute Gasteiger partial charge is 0.372 e. The molecule has 18 heavy (non-hydrogen) atoms. The van der Waals surface area contributed by atoms with E-state index >= 15 is 0 Å². The number of nitrogens with one attached hydrogen (secondary N) is 1. The Bertz CT molecular complexity index is 369. The monoisotopic (exact) mass is 249 g/mol. The molecule has 1 N–H and O–H groups in total. The lowest BCUT2D eigenvalue weighted by molar-refractivity contribution is -0.125. The van der Waals surface area contributed by atoms with Crippen molar-refractivity contribution in [2.75, 3.05) is 13.7 Å². The first kappa shape index (κ1) is 14.7. The molecule has 0 heterocycles. The molecular weight excluding hydrogens is 226 g/mol. The third-order valence-corrected chi connectivity index (χ3v) is 3.33. The van der Waals surface area contributed by atoms with Crippen molar-refractivity contribution in [3.8, 4) is 0 Å². The van der Waals surface area contributed by atoms with Gasteiger partial charge in [0.15, 0.2) is 0 Å². The van der Waals surface area contributed by atoms with E-state index in [0.29, 0.717) is 6.54 Å². The second-order valence-electron chi connectivity index (χ2n) is 4.79. The summed E-state index contributed by atoms with van der Waals surface area (Å²) >= 11 is 0. The predicted octanol–water partition coefficient (Wildman–Crippen LogP) is 2.71. The zero-order chi connectivity index (χ0) is 13.6. The standard InChI is InChI=1S/C15H23NO2/c1-5-15(18-4,11-16-14(17)12(2)3)13-9-7-6-8-10-13/h6-10,12H,5,11H2,1-4H3,(H,16,17). The lowest BCUT2D eigenvalue weighted by Gasteiger charge is -2.32. The molecule has 3 heteroatoms. The van der Waals surface area contributed by atoms with E-state index in [0.717, 1.165) is 12.0 Å². The van der Waals surface area contributed by atoms with Crippen LogP contribution in [-0.4, -0.2) is 19.6 Å². The molecule has 1 atom stereocenters. The van der Waals surface area contributed by atoms with Crippen molar-refractivity contribution in [2.45, 2.75) is 32.8 Å². The highest BCUT2D eigenvalue weighted by molar-refractivity contribution is 5.77. The second kappa shape index (κ2) is 6.55. The normalized spacial score (nSPS) is 14.3. The summed E-state index contributed by atoms with van der Waals surface area (Å²) in [5, 5.41) is 2.96. The molecule has 0 aliphatic heterocycles. The SMILES string of the molecule is CCC(CNC(=O)C(C)C)(OC)c1ccccc1. The number of hydrogen-bond acceptors (Lipinski definition) is 2. The molecule has 3 nitrogen and oxygen atoms in total. The van der Waals surface area contributed by atoms with Gasteiger partial charge in [-0.1, -0.05) is 51.1 Å². The van der Waals surface area contributed by atoms with Gasteiger partial charge in [-0.2, -0.15) is 0 Å². The maximum atomic E-state index is 11.7. The van der Waals surface area contributed by atoms with E-state index in [4.69, 9.17) is 4.74 Å². The summed E-state index contributed by atoms with van der Waals surface area (Å²) in [5.74, 6) is 0.0491. The van der Waals surface area contributed by atoms with Gasteiger partial charge in [-0.05, 0) is 12.0 Å². The summed E-state index contributed by atoms with van der Waals surface area (Å²) < 4.78 is 5.69. The van der Waals surface area contributed by atoms with Crippen molar-refractivity contribution in [1.82, 2.24) is 5.32 Å². The van der Waals surface area contributed by atoms with Crippen LogP contribution >= 0.6 is 0 Å². The number of hydrogen-bond donors (Lipinski definition) is 1. The number of amides is 1. The molecule has 0 saturated heterocycles. The van der Waals surface area contributed by atoms with Crippen LogP contribution in [0.3, 0.4) is 0 Å². The van der Waals surface area contributed by atoms with Crippen molar-refractivity contribution in [2.24, 2.45) is 5.92 Å². The zero-order valence-corrected chi connectivity index (χ0v) is 11.7. The first-order valence-corrected chi connectivity index (χ1v) is 6.44. The molecule has 0 aliphatic rings. The van der Waals surface area contributed by atoms with Crippen molar-refractivity contribution in [1.29, 1.82) is 0 Å². The van der Waals surface area contributed by atoms with Crippen LogP contribution in [0.5, 0.6) is 0 Å². The molecule has 1 rings (SSSR count). The topological polar surface area (TPSA) is 38.3 Å². The molecular formula is C15H23NO2. The van der Waals surface area contributed by atoms with E-state index in [1.165, 1.54) is 0 Å². The van der Waals surface area contributed by atoms with Gasteiger partial charge in [0.2, 0.25) is 5.91 Å². The molecule has 0 saturated carbocycles. The summed E-state index contributed by atoms with van der Waals surface area (Å²) in [5.41, 5.74) is 0.658. The number of methoxy groups -OCH3 is 1. The van der Waals surface area contributed by atoms with E-state index in [1.807, 2.05) is 44.2 Å². The molecule has 0 bridgehead atoms. The molecule has 100 valence electrons. The predicted molar refractivity (Wildman–Crippen MR) is 73.3 cm³/mol. The zero-order valence-electron chi connectivity index (χ0n) is 11.7. The average molecular weight is 249 g/mol. The van der Waals surface area contributed by atoms with E-state index < -0.39 is 5.60 Å². The van der Waals surface area contributed by atoms with Gasteiger partial charge >= 0.3 is 0 Å². The Hall–Kier alpha value is -1.35. The van der Waals surface area contributed by atoms with E-state index in [9.17, 15) is 4.79 Å². The van der Waals surface area contributed by atoms with E-state index in [2.05, 4.69) is 12.2 Å². The molecule has 1 aromatic rings. The molecule has 0 aliphatic carbocycles. The van der Waals surface area contributed by atoms with Gasteiger partial charge in [-0.3, -0.25) is 4.79 Å². The van der Waals surface area contributed by atoms with Gasteiger partial charge in [0.1, 0.15) is 5.60 Å². The summed E-state index contributed by atoms with van der Waals surface area (Å²) in [7, 11) is 1.69. The summed E-state index contributed by atoms with van der Waals surface area (Å²) in [6.45, 7) is 6.34. The van der Waals surface area contributed by atoms with Crippen molar-refractivity contribution in [3.05, 3.63) is 35.9 Å². The number of benzene rings is 1. The van der Waals surface area contributed by atoms with E-state index in [1.54, 1.807) is 7.11 Å². The summed E-state index contributed by atoms with van der Waals surface area (Å²) in [6.07, 6.45) is 0.811. The van der Waals surface area contributed by atoms with E-state index in [-0.39, 0.29) is 11.8 Å². The Morgan fingerprint density at radius 2 is 1.94 bits per heavy atom. The quantitative estimate of drug-likeness (QED) is 0.842. The summed E-state index contributed by atoms with van der Waals surface area (Å²) in [4.78, 5) is 11.7. The Morgan fingerprint density at radius 3 is 2.39 bits per heavy atom. The number of rotatable bonds is 6. The molecule has 1 unspecified atom stereocenters. The van der Waals surface area contributed by atoms with Crippen LogP contribution in [0, 0.1) is 5.92 Å². The molecule has 0 fully saturated rings. The summed E-state index contributed by atoms with van der Waals surface area (Å²) in [6, 6.07) is 10.0. The van der Waals surface area contributed by atoms with Crippen molar-refractivity contribution < 1.29 is 9.53 Å². The highest BCUT2D eigenvalue weighted by Crippen LogP contribution is 2.28. The minimum Gasteiger partial charge on any atom is -0.372 e. The third-order valence-electron chi connectivity index (χ3n) is 3.33. The molecule has 1 aromatic carbocycles. The van der Waals surface area contributed by atoms with Gasteiger partial charge in [-0.15, -0.1) is 0 Å². The Labute approximate surface area is 110 Å². The van der Waals surface area contributed by atoms with Crippen LogP contribution < -0.4 is 5.32 Å². The van der Waals surface area contributed by atoms with Crippen molar-refractivity contribution >= 4 is 5.91 Å². The van der Waals surface area contributed by atoms with Gasteiger partial charge in [0, 0.05) is 13.0 Å². The first-order chi connectivity index (χ1) is 8.55. The lowest BCUT2D eigenvalue weighted by Crippen LogP contribution is -2.43. The average Bonchev–Trinajstić information content (AvgIpc) is 2.41. The minimum absolute atomic E-state index is 0.00724. The van der Waals surface area contributed by atoms with Gasteiger partial charge in [0.05, 0.1) is 6.54 Å². The fraction of sp³-hybridized carbons (Fsp3) is 0.533. The second-order valence-corrected chi connectivity index (χ2v) is 4.79. The first-order valence-electron chi connectivity index (χ1n) is 6.44. The number of carbonyl (C=O) groups is 1. The van der Waals surface area contributed by atoms with Crippen LogP contribution in [0.15, 0.2) is 30.3 Å². The molecule has 0 radical (unpaired) electrons. The minimum atomic E-state index is -0.439. The maximum Gasteiger partial charge on any atom is 0.222 e. The van der Waals surface area contributed by atoms with Crippen molar-refractivity contribution in [3.63, 3.8) is 0 Å².